The van der Waals surface area contributed by atoms with Crippen LogP contribution in [0, 0.1) is 0 Å². The van der Waals surface area contributed by atoms with Gasteiger partial charge in [0.05, 0.1) is 12.1 Å². The third kappa shape index (κ3) is 6.60. The highest BCUT2D eigenvalue weighted by Gasteiger charge is 2.17. The number of amides is 1. The molecule has 4 aromatic rings. The Kier molecular flexibility index (Phi) is 7.58. The van der Waals surface area contributed by atoms with Gasteiger partial charge in [0.2, 0.25) is 5.91 Å². The van der Waals surface area contributed by atoms with E-state index in [0.29, 0.717) is 0 Å². The first-order chi connectivity index (χ1) is 17.2. The summed E-state index contributed by atoms with van der Waals surface area (Å²) in [7, 11) is 0. The van der Waals surface area contributed by atoms with Crippen molar-refractivity contribution in [3.63, 3.8) is 0 Å². The van der Waals surface area contributed by atoms with E-state index in [1.165, 1.54) is 22.5 Å². The van der Waals surface area contributed by atoms with Crippen molar-refractivity contribution in [2.45, 2.75) is 19.5 Å². The molecule has 1 saturated heterocycles. The molecule has 2 aromatic carbocycles. The maximum Gasteiger partial charge on any atom is 0.230 e. The number of rotatable bonds is 8. The molecule has 178 valence electrons. The Hall–Kier alpha value is -3.39. The van der Waals surface area contributed by atoms with E-state index in [4.69, 9.17) is 0 Å². The molecule has 0 aliphatic carbocycles. The molecule has 6 nitrogen and oxygen atoms in total. The van der Waals surface area contributed by atoms with E-state index in [2.05, 4.69) is 67.5 Å². The van der Waals surface area contributed by atoms with Crippen molar-refractivity contribution in [1.29, 1.82) is 0 Å². The summed E-state index contributed by atoms with van der Waals surface area (Å²) >= 11 is 1.53. The van der Waals surface area contributed by atoms with Crippen LogP contribution in [-0.4, -0.2) is 51.9 Å². The highest BCUT2D eigenvalue weighted by molar-refractivity contribution is 7.13. The Morgan fingerprint density at radius 3 is 2.20 bits per heavy atom. The topological polar surface area (TPSA) is 61.4 Å². The van der Waals surface area contributed by atoms with Crippen molar-refractivity contribution >= 4 is 22.9 Å². The number of hydrogen-bond acceptors (Lipinski definition) is 6. The Balaban J connectivity index is 1.07. The second kappa shape index (κ2) is 11.4. The standard InChI is InChI=1S/C28H29N5OS/c34-27(17-26-21-35-28(31-26)24-7-4-12-29-18-24)30-25-10-8-23(9-11-25)20-33-15-13-32(14-16-33)19-22-5-2-1-3-6-22/h1-12,18,21H,13-17,19-20H2,(H,30,34). The van der Waals surface area contributed by atoms with Gasteiger partial charge in [0.1, 0.15) is 5.01 Å². The molecule has 1 fully saturated rings. The van der Waals surface area contributed by atoms with Gasteiger partial charge in [-0.2, -0.15) is 0 Å². The van der Waals surface area contributed by atoms with Crippen LogP contribution in [0.4, 0.5) is 5.69 Å². The van der Waals surface area contributed by atoms with Gasteiger partial charge < -0.3 is 5.32 Å². The fourth-order valence-corrected chi connectivity index (χ4v) is 5.09. The average molecular weight is 484 g/mol. The number of carbonyl (C=O) groups is 1. The van der Waals surface area contributed by atoms with E-state index in [9.17, 15) is 4.79 Å². The molecule has 1 aliphatic rings. The number of pyridine rings is 1. The lowest BCUT2D eigenvalue weighted by atomic mass is 10.1. The summed E-state index contributed by atoms with van der Waals surface area (Å²) in [6.45, 7) is 6.27. The fourth-order valence-electron chi connectivity index (χ4n) is 4.28. The van der Waals surface area contributed by atoms with Crippen molar-refractivity contribution in [2.75, 3.05) is 31.5 Å². The average Bonchev–Trinajstić information content (AvgIpc) is 3.36. The van der Waals surface area contributed by atoms with Crippen molar-refractivity contribution < 1.29 is 4.79 Å². The van der Waals surface area contributed by atoms with Crippen LogP contribution >= 0.6 is 11.3 Å². The fraction of sp³-hybridized carbons (Fsp3) is 0.250. The quantitative estimate of drug-likeness (QED) is 0.394. The molecule has 2 aromatic heterocycles. The monoisotopic (exact) mass is 483 g/mol. The summed E-state index contributed by atoms with van der Waals surface area (Å²) in [5.74, 6) is -0.0599. The zero-order chi connectivity index (χ0) is 23.9. The third-order valence-corrected chi connectivity index (χ3v) is 7.10. The summed E-state index contributed by atoms with van der Waals surface area (Å²) in [5, 5.41) is 5.81. The number of nitrogens with zero attached hydrogens (tertiary/aromatic N) is 4. The molecule has 0 bridgehead atoms. The number of piperazine rings is 1. The third-order valence-electron chi connectivity index (χ3n) is 6.16. The lowest BCUT2D eigenvalue weighted by Gasteiger charge is -2.34. The van der Waals surface area contributed by atoms with Gasteiger partial charge in [0.25, 0.3) is 0 Å². The van der Waals surface area contributed by atoms with Crippen LogP contribution < -0.4 is 5.32 Å². The molecule has 1 aliphatic heterocycles. The van der Waals surface area contributed by atoms with E-state index < -0.39 is 0 Å². The molecule has 1 N–H and O–H groups in total. The number of hydrogen-bond donors (Lipinski definition) is 1. The number of aromatic nitrogens is 2. The maximum absolute atomic E-state index is 12.5. The Labute approximate surface area is 210 Å². The minimum Gasteiger partial charge on any atom is -0.326 e. The predicted octanol–water partition coefficient (Wildman–Crippen LogP) is 4.70. The minimum atomic E-state index is -0.0599. The van der Waals surface area contributed by atoms with Gasteiger partial charge in [-0.05, 0) is 35.4 Å². The highest BCUT2D eigenvalue weighted by atomic mass is 32.1. The van der Waals surface area contributed by atoms with Crippen LogP contribution in [-0.2, 0) is 24.3 Å². The van der Waals surface area contributed by atoms with Crippen LogP contribution in [0.1, 0.15) is 16.8 Å². The molecule has 3 heterocycles. The molecular formula is C28H29N5OS. The second-order valence-electron chi connectivity index (χ2n) is 8.85. The SMILES string of the molecule is O=C(Cc1csc(-c2cccnc2)n1)Nc1ccc(CN2CCN(Cc3ccccc3)CC2)cc1. The van der Waals surface area contributed by atoms with Crippen LogP contribution in [0.3, 0.4) is 0 Å². The van der Waals surface area contributed by atoms with Gasteiger partial charge in [-0.3, -0.25) is 19.6 Å². The largest absolute Gasteiger partial charge is 0.326 e. The molecule has 0 saturated carbocycles. The zero-order valence-corrected chi connectivity index (χ0v) is 20.5. The van der Waals surface area contributed by atoms with E-state index in [1.54, 1.807) is 12.4 Å². The Bertz CT molecular complexity index is 1220. The summed E-state index contributed by atoms with van der Waals surface area (Å²) in [5.41, 5.74) is 5.20. The smallest absolute Gasteiger partial charge is 0.230 e. The van der Waals surface area contributed by atoms with Crippen molar-refractivity contribution in [2.24, 2.45) is 0 Å². The summed E-state index contributed by atoms with van der Waals surface area (Å²) in [6.07, 6.45) is 3.78. The van der Waals surface area contributed by atoms with E-state index in [0.717, 1.165) is 61.2 Å². The molecular weight excluding hydrogens is 454 g/mol. The number of nitrogens with one attached hydrogen (secondary N) is 1. The van der Waals surface area contributed by atoms with E-state index >= 15 is 0 Å². The first-order valence-corrected chi connectivity index (χ1v) is 12.8. The number of benzene rings is 2. The van der Waals surface area contributed by atoms with E-state index in [1.807, 2.05) is 29.6 Å². The van der Waals surface area contributed by atoms with Crippen LogP contribution in [0.15, 0.2) is 84.5 Å². The molecule has 0 unspecified atom stereocenters. The van der Waals surface area contributed by atoms with Crippen molar-refractivity contribution in [3.8, 4) is 10.6 Å². The second-order valence-corrected chi connectivity index (χ2v) is 9.70. The number of thiazole rings is 1. The first-order valence-electron chi connectivity index (χ1n) is 11.9. The van der Waals surface area contributed by atoms with Gasteiger partial charge >= 0.3 is 0 Å². The normalized spacial score (nSPS) is 14.6. The summed E-state index contributed by atoms with van der Waals surface area (Å²) in [6, 6.07) is 22.7. The van der Waals surface area contributed by atoms with Crippen molar-refractivity contribution in [3.05, 3.63) is 101 Å². The van der Waals surface area contributed by atoms with Crippen LogP contribution in [0.2, 0.25) is 0 Å². The Morgan fingerprint density at radius 2 is 1.54 bits per heavy atom. The maximum atomic E-state index is 12.5. The highest BCUT2D eigenvalue weighted by Crippen LogP contribution is 2.23. The summed E-state index contributed by atoms with van der Waals surface area (Å²) < 4.78 is 0. The molecule has 1 amide bonds. The van der Waals surface area contributed by atoms with Gasteiger partial charge in [0.15, 0.2) is 0 Å². The van der Waals surface area contributed by atoms with Crippen molar-refractivity contribution in [1.82, 2.24) is 19.8 Å². The van der Waals surface area contributed by atoms with Gasteiger partial charge in [-0.1, -0.05) is 42.5 Å². The molecule has 0 radical (unpaired) electrons. The first kappa shape index (κ1) is 23.4. The minimum absolute atomic E-state index is 0.0599. The van der Waals surface area contributed by atoms with E-state index in [-0.39, 0.29) is 12.3 Å². The van der Waals surface area contributed by atoms with Crippen LogP contribution in [0.5, 0.6) is 0 Å². The molecule has 0 atom stereocenters. The molecule has 5 rings (SSSR count). The summed E-state index contributed by atoms with van der Waals surface area (Å²) in [4.78, 5) is 26.2. The zero-order valence-electron chi connectivity index (χ0n) is 19.6. The van der Waals surface area contributed by atoms with Gasteiger partial charge in [-0.15, -0.1) is 11.3 Å². The Morgan fingerprint density at radius 1 is 0.857 bits per heavy atom. The lowest BCUT2D eigenvalue weighted by molar-refractivity contribution is -0.115. The van der Waals surface area contributed by atoms with Gasteiger partial charge in [-0.25, -0.2) is 4.98 Å². The molecule has 0 spiro atoms. The van der Waals surface area contributed by atoms with Crippen LogP contribution in [0.25, 0.3) is 10.6 Å². The number of anilines is 1. The predicted molar refractivity (Wildman–Crippen MR) is 141 cm³/mol. The molecule has 35 heavy (non-hydrogen) atoms. The number of carbonyl (C=O) groups excluding carboxylic acids is 1. The lowest BCUT2D eigenvalue weighted by Crippen LogP contribution is -2.45. The van der Waals surface area contributed by atoms with Gasteiger partial charge in [0, 0.05) is 68.3 Å². The molecule has 7 heteroatoms.